The Labute approximate surface area is 148 Å². The molecule has 1 aliphatic rings. The minimum Gasteiger partial charge on any atom is -0.452 e. The van der Waals surface area contributed by atoms with Crippen molar-refractivity contribution in [1.82, 2.24) is 9.21 Å². The van der Waals surface area contributed by atoms with Crippen molar-refractivity contribution in [2.45, 2.75) is 24.7 Å². The van der Waals surface area contributed by atoms with Crippen LogP contribution in [0.3, 0.4) is 0 Å². The Balaban J connectivity index is 1.94. The normalized spacial score (nSPS) is 18.2. The lowest BCUT2D eigenvalue weighted by Crippen LogP contribution is -2.41. The molecule has 0 radical (unpaired) electrons. The molecular weight excluding hydrogens is 344 g/mol. The second kappa shape index (κ2) is 7.97. The van der Waals surface area contributed by atoms with Crippen LogP contribution < -0.4 is 0 Å². The van der Waals surface area contributed by atoms with Gasteiger partial charge in [0.2, 0.25) is 10.0 Å². The zero-order valence-electron chi connectivity index (χ0n) is 14.8. The molecular formula is C17H24N2O5S. The number of esters is 1. The number of ether oxygens (including phenoxy) is 1. The van der Waals surface area contributed by atoms with Gasteiger partial charge in [-0.15, -0.1) is 0 Å². The Kier molecular flexibility index (Phi) is 6.18. The number of likely N-dealkylation sites (tertiary alicyclic amines) is 1. The van der Waals surface area contributed by atoms with Gasteiger partial charge < -0.3 is 9.64 Å². The van der Waals surface area contributed by atoms with Gasteiger partial charge in [0.05, 0.1) is 10.5 Å². The predicted molar refractivity (Wildman–Crippen MR) is 92.6 cm³/mol. The van der Waals surface area contributed by atoms with Crippen LogP contribution in [0.4, 0.5) is 0 Å². The number of carbonyl (C=O) groups is 2. The third kappa shape index (κ3) is 4.79. The highest BCUT2D eigenvalue weighted by Crippen LogP contribution is 2.16. The molecule has 1 aromatic carbocycles. The standard InChI is InChI=1S/C17H24N2O5S/c1-13-5-4-10-19(11-13)16(20)12-24-17(21)14-6-8-15(9-7-14)25(22,23)18(2)3/h6-9,13H,4-5,10-12H2,1-3H3. The molecule has 138 valence electrons. The molecule has 0 N–H and O–H groups in total. The Morgan fingerprint density at radius 1 is 1.24 bits per heavy atom. The fourth-order valence-electron chi connectivity index (χ4n) is 2.69. The van der Waals surface area contributed by atoms with Gasteiger partial charge in [0.25, 0.3) is 5.91 Å². The number of rotatable bonds is 5. The van der Waals surface area contributed by atoms with Crippen LogP contribution >= 0.6 is 0 Å². The Morgan fingerprint density at radius 2 is 1.88 bits per heavy atom. The van der Waals surface area contributed by atoms with E-state index in [1.807, 2.05) is 0 Å². The number of hydrogen-bond donors (Lipinski definition) is 0. The summed E-state index contributed by atoms with van der Waals surface area (Å²) in [6.45, 7) is 3.17. The zero-order chi connectivity index (χ0) is 18.6. The minimum atomic E-state index is -3.54. The molecule has 1 heterocycles. The molecule has 1 saturated heterocycles. The largest absolute Gasteiger partial charge is 0.452 e. The molecule has 0 bridgehead atoms. The van der Waals surface area contributed by atoms with E-state index >= 15 is 0 Å². The number of sulfonamides is 1. The van der Waals surface area contributed by atoms with E-state index in [9.17, 15) is 18.0 Å². The van der Waals surface area contributed by atoms with Crippen molar-refractivity contribution < 1.29 is 22.7 Å². The van der Waals surface area contributed by atoms with Gasteiger partial charge in [-0.1, -0.05) is 6.92 Å². The molecule has 0 saturated carbocycles. The van der Waals surface area contributed by atoms with E-state index < -0.39 is 16.0 Å². The zero-order valence-corrected chi connectivity index (χ0v) is 15.6. The average molecular weight is 368 g/mol. The number of piperidine rings is 1. The van der Waals surface area contributed by atoms with Crippen LogP contribution in [0.1, 0.15) is 30.1 Å². The molecule has 1 fully saturated rings. The van der Waals surface area contributed by atoms with Crippen LogP contribution in [-0.4, -0.2) is 63.3 Å². The van der Waals surface area contributed by atoms with Crippen LogP contribution in [0.25, 0.3) is 0 Å². The second-order valence-electron chi connectivity index (χ2n) is 6.48. The summed E-state index contributed by atoms with van der Waals surface area (Å²) in [5, 5.41) is 0. The van der Waals surface area contributed by atoms with Crippen LogP contribution in [0.15, 0.2) is 29.2 Å². The third-order valence-corrected chi connectivity index (χ3v) is 6.03. The molecule has 2 rings (SSSR count). The SMILES string of the molecule is CC1CCCN(C(=O)COC(=O)c2ccc(S(=O)(=O)N(C)C)cc2)C1. The second-order valence-corrected chi connectivity index (χ2v) is 8.63. The van der Waals surface area contributed by atoms with Gasteiger partial charge in [-0.2, -0.15) is 0 Å². The van der Waals surface area contributed by atoms with Crippen LogP contribution in [0, 0.1) is 5.92 Å². The molecule has 8 heteroatoms. The summed E-state index contributed by atoms with van der Waals surface area (Å²) in [5.74, 6) is -0.390. The van der Waals surface area contributed by atoms with Crippen molar-refractivity contribution in [3.63, 3.8) is 0 Å². The first-order chi connectivity index (χ1) is 11.7. The number of hydrogen-bond acceptors (Lipinski definition) is 5. The minimum absolute atomic E-state index is 0.0902. The lowest BCUT2D eigenvalue weighted by molar-refractivity contribution is -0.136. The van der Waals surface area contributed by atoms with Crippen molar-refractivity contribution in [3.8, 4) is 0 Å². The molecule has 25 heavy (non-hydrogen) atoms. The maximum absolute atomic E-state index is 12.1. The first-order valence-corrected chi connectivity index (χ1v) is 9.63. The Bertz CT molecular complexity index is 728. The van der Waals surface area contributed by atoms with Crippen molar-refractivity contribution >= 4 is 21.9 Å². The fourth-order valence-corrected chi connectivity index (χ4v) is 3.59. The average Bonchev–Trinajstić information content (AvgIpc) is 2.59. The molecule has 7 nitrogen and oxygen atoms in total. The summed E-state index contributed by atoms with van der Waals surface area (Å²) in [6.07, 6.45) is 2.06. The van der Waals surface area contributed by atoms with Gasteiger partial charge >= 0.3 is 5.97 Å². The van der Waals surface area contributed by atoms with Crippen LogP contribution in [0.2, 0.25) is 0 Å². The summed E-state index contributed by atoms with van der Waals surface area (Å²) in [6, 6.07) is 5.46. The van der Waals surface area contributed by atoms with E-state index in [1.165, 1.54) is 38.4 Å². The molecule has 0 aromatic heterocycles. The summed E-state index contributed by atoms with van der Waals surface area (Å²) < 4.78 is 30.1. The number of amides is 1. The van der Waals surface area contributed by atoms with Crippen molar-refractivity contribution in [1.29, 1.82) is 0 Å². The number of benzene rings is 1. The van der Waals surface area contributed by atoms with E-state index in [2.05, 4.69) is 6.92 Å². The van der Waals surface area contributed by atoms with E-state index in [1.54, 1.807) is 4.90 Å². The smallest absolute Gasteiger partial charge is 0.338 e. The first-order valence-electron chi connectivity index (χ1n) is 8.19. The van der Waals surface area contributed by atoms with E-state index in [4.69, 9.17) is 4.74 Å². The predicted octanol–water partition coefficient (Wildman–Crippen LogP) is 1.35. The topological polar surface area (TPSA) is 84.0 Å². The van der Waals surface area contributed by atoms with Gasteiger partial charge in [0, 0.05) is 27.2 Å². The molecule has 0 spiro atoms. The first kappa shape index (κ1) is 19.4. The quantitative estimate of drug-likeness (QED) is 0.733. The van der Waals surface area contributed by atoms with E-state index in [0.29, 0.717) is 19.0 Å². The number of nitrogens with zero attached hydrogens (tertiary/aromatic N) is 2. The Hall–Kier alpha value is -1.93. The molecule has 1 aromatic rings. The lowest BCUT2D eigenvalue weighted by Gasteiger charge is -2.30. The van der Waals surface area contributed by atoms with Crippen molar-refractivity contribution in [3.05, 3.63) is 29.8 Å². The van der Waals surface area contributed by atoms with Gasteiger partial charge in [-0.3, -0.25) is 4.79 Å². The molecule has 1 aliphatic heterocycles. The van der Waals surface area contributed by atoms with Gasteiger partial charge in [0.1, 0.15) is 0 Å². The number of carbonyl (C=O) groups excluding carboxylic acids is 2. The third-order valence-electron chi connectivity index (χ3n) is 4.21. The summed E-state index contributed by atoms with van der Waals surface area (Å²) in [7, 11) is -0.674. The lowest BCUT2D eigenvalue weighted by atomic mass is 10.0. The summed E-state index contributed by atoms with van der Waals surface area (Å²) >= 11 is 0. The van der Waals surface area contributed by atoms with Crippen molar-refractivity contribution in [2.24, 2.45) is 5.92 Å². The highest BCUT2D eigenvalue weighted by molar-refractivity contribution is 7.89. The van der Waals surface area contributed by atoms with Gasteiger partial charge in [0.15, 0.2) is 6.61 Å². The molecule has 1 unspecified atom stereocenters. The monoisotopic (exact) mass is 368 g/mol. The molecule has 1 amide bonds. The van der Waals surface area contributed by atoms with Gasteiger partial charge in [-0.05, 0) is 43.0 Å². The van der Waals surface area contributed by atoms with Gasteiger partial charge in [-0.25, -0.2) is 17.5 Å². The van der Waals surface area contributed by atoms with E-state index in [-0.39, 0.29) is 23.0 Å². The summed E-state index contributed by atoms with van der Waals surface area (Å²) in [4.78, 5) is 25.9. The van der Waals surface area contributed by atoms with Crippen LogP contribution in [0.5, 0.6) is 0 Å². The fraction of sp³-hybridized carbons (Fsp3) is 0.529. The van der Waals surface area contributed by atoms with E-state index in [0.717, 1.165) is 17.1 Å². The molecule has 1 atom stereocenters. The highest BCUT2D eigenvalue weighted by atomic mass is 32.2. The molecule has 0 aliphatic carbocycles. The summed E-state index contributed by atoms with van der Waals surface area (Å²) in [5.41, 5.74) is 0.206. The Morgan fingerprint density at radius 3 is 2.44 bits per heavy atom. The van der Waals surface area contributed by atoms with Crippen molar-refractivity contribution in [2.75, 3.05) is 33.8 Å². The van der Waals surface area contributed by atoms with Crippen LogP contribution in [-0.2, 0) is 19.6 Å². The highest BCUT2D eigenvalue weighted by Gasteiger charge is 2.22. The maximum Gasteiger partial charge on any atom is 0.338 e. The maximum atomic E-state index is 12.1.